The highest BCUT2D eigenvalue weighted by atomic mass is 16.5. The van der Waals surface area contributed by atoms with Crippen LogP contribution in [0.5, 0.6) is 5.75 Å². The third-order valence-electron chi connectivity index (χ3n) is 3.84. The molecule has 1 N–H and O–H groups in total. The van der Waals surface area contributed by atoms with Crippen molar-refractivity contribution in [1.29, 1.82) is 0 Å². The molecule has 0 saturated carbocycles. The van der Waals surface area contributed by atoms with Gasteiger partial charge in [0.05, 0.1) is 18.8 Å². The molecule has 0 fully saturated rings. The van der Waals surface area contributed by atoms with Crippen LogP contribution in [-0.4, -0.2) is 43.7 Å². The topological polar surface area (TPSA) is 67.6 Å². The molecule has 1 unspecified atom stereocenters. The minimum absolute atomic E-state index is 0.00410. The van der Waals surface area contributed by atoms with Gasteiger partial charge in [-0.15, -0.1) is 0 Å². The fraction of sp³-hybridized carbons (Fsp3) is 0.412. The summed E-state index contributed by atoms with van der Waals surface area (Å²) in [5, 5.41) is 6.78. The Morgan fingerprint density at radius 3 is 2.61 bits per heavy atom. The van der Waals surface area contributed by atoms with Crippen LogP contribution in [0.2, 0.25) is 0 Å². The number of benzene rings is 1. The number of nitrogens with one attached hydrogen (secondary N) is 1. The van der Waals surface area contributed by atoms with Gasteiger partial charge in [0.25, 0.3) is 5.91 Å². The van der Waals surface area contributed by atoms with Gasteiger partial charge in [0, 0.05) is 12.1 Å². The standard InChI is InChI=1S/C17H23N3O3/c1-11-16(12(2)23-19-11)17(21)18-10-14(20(3)4)13-8-6-7-9-15(13)22-5/h6-9,14H,10H2,1-5H3,(H,18,21). The predicted octanol–water partition coefficient (Wildman–Crippen LogP) is 2.33. The summed E-state index contributed by atoms with van der Waals surface area (Å²) >= 11 is 0. The molecule has 1 aromatic carbocycles. The van der Waals surface area contributed by atoms with E-state index in [1.807, 2.05) is 43.3 Å². The van der Waals surface area contributed by atoms with E-state index >= 15 is 0 Å². The number of amides is 1. The van der Waals surface area contributed by atoms with Gasteiger partial charge in [0.15, 0.2) is 0 Å². The van der Waals surface area contributed by atoms with Crippen LogP contribution in [0.15, 0.2) is 28.8 Å². The van der Waals surface area contributed by atoms with Crippen LogP contribution in [0.1, 0.15) is 33.4 Å². The molecule has 124 valence electrons. The average Bonchev–Trinajstić information content (AvgIpc) is 2.86. The molecule has 1 heterocycles. The van der Waals surface area contributed by atoms with Crippen molar-refractivity contribution in [3.63, 3.8) is 0 Å². The van der Waals surface area contributed by atoms with E-state index in [-0.39, 0.29) is 11.9 Å². The summed E-state index contributed by atoms with van der Waals surface area (Å²) in [5.41, 5.74) is 2.13. The maximum atomic E-state index is 12.4. The lowest BCUT2D eigenvalue weighted by atomic mass is 10.0. The maximum Gasteiger partial charge on any atom is 0.256 e. The van der Waals surface area contributed by atoms with E-state index < -0.39 is 0 Å². The lowest BCUT2D eigenvalue weighted by molar-refractivity contribution is 0.0939. The Labute approximate surface area is 136 Å². The van der Waals surface area contributed by atoms with Crippen molar-refractivity contribution in [3.8, 4) is 5.75 Å². The number of hydrogen-bond donors (Lipinski definition) is 1. The molecule has 0 bridgehead atoms. The van der Waals surface area contributed by atoms with Gasteiger partial charge in [0.2, 0.25) is 0 Å². The number of nitrogens with zero attached hydrogens (tertiary/aromatic N) is 2. The summed E-state index contributed by atoms with van der Waals surface area (Å²) in [6.45, 7) is 3.95. The lowest BCUT2D eigenvalue weighted by Crippen LogP contribution is -2.35. The molecule has 6 nitrogen and oxygen atoms in total. The van der Waals surface area contributed by atoms with E-state index in [4.69, 9.17) is 9.26 Å². The molecule has 0 aliphatic rings. The van der Waals surface area contributed by atoms with Crippen molar-refractivity contribution in [3.05, 3.63) is 46.8 Å². The normalized spacial score (nSPS) is 12.3. The van der Waals surface area contributed by atoms with Crippen LogP contribution < -0.4 is 10.1 Å². The Kier molecular flexibility index (Phi) is 5.39. The zero-order valence-electron chi connectivity index (χ0n) is 14.2. The summed E-state index contributed by atoms with van der Waals surface area (Å²) in [6, 6.07) is 7.81. The summed E-state index contributed by atoms with van der Waals surface area (Å²) in [7, 11) is 5.59. The van der Waals surface area contributed by atoms with E-state index in [0.717, 1.165) is 11.3 Å². The quantitative estimate of drug-likeness (QED) is 0.885. The third-order valence-corrected chi connectivity index (χ3v) is 3.84. The Bertz CT molecular complexity index is 660. The molecule has 2 rings (SSSR count). The Hall–Kier alpha value is -2.34. The predicted molar refractivity (Wildman–Crippen MR) is 87.7 cm³/mol. The van der Waals surface area contributed by atoms with Gasteiger partial charge in [-0.05, 0) is 34.0 Å². The molecular formula is C17H23N3O3. The second-order valence-electron chi connectivity index (χ2n) is 5.63. The number of hydrogen-bond acceptors (Lipinski definition) is 5. The first-order valence-corrected chi connectivity index (χ1v) is 7.46. The van der Waals surface area contributed by atoms with Crippen LogP contribution in [0.4, 0.5) is 0 Å². The molecule has 1 atom stereocenters. The molecule has 0 aliphatic carbocycles. The smallest absolute Gasteiger partial charge is 0.256 e. The zero-order valence-corrected chi connectivity index (χ0v) is 14.2. The SMILES string of the molecule is COc1ccccc1C(CNC(=O)c1c(C)noc1C)N(C)C. The fourth-order valence-electron chi connectivity index (χ4n) is 2.60. The fourth-order valence-corrected chi connectivity index (χ4v) is 2.60. The van der Waals surface area contributed by atoms with Crippen molar-refractivity contribution in [2.24, 2.45) is 0 Å². The number of para-hydroxylation sites is 1. The molecule has 6 heteroatoms. The van der Waals surface area contributed by atoms with Crippen LogP contribution in [0, 0.1) is 13.8 Å². The molecule has 23 heavy (non-hydrogen) atoms. The maximum absolute atomic E-state index is 12.4. The number of carbonyl (C=O) groups is 1. The first-order valence-electron chi connectivity index (χ1n) is 7.46. The molecule has 1 aromatic heterocycles. The van der Waals surface area contributed by atoms with Crippen molar-refractivity contribution in [2.75, 3.05) is 27.7 Å². The number of rotatable bonds is 6. The molecule has 0 aliphatic heterocycles. The summed E-state index contributed by atoms with van der Waals surface area (Å²) < 4.78 is 10.5. The highest BCUT2D eigenvalue weighted by Gasteiger charge is 2.22. The van der Waals surface area contributed by atoms with Gasteiger partial charge >= 0.3 is 0 Å². The molecule has 0 radical (unpaired) electrons. The van der Waals surface area contributed by atoms with Crippen LogP contribution in [0.25, 0.3) is 0 Å². The van der Waals surface area contributed by atoms with Gasteiger partial charge < -0.3 is 19.5 Å². The van der Waals surface area contributed by atoms with Crippen LogP contribution in [-0.2, 0) is 0 Å². The van der Waals surface area contributed by atoms with Crippen molar-refractivity contribution in [1.82, 2.24) is 15.4 Å². The number of likely N-dealkylation sites (N-methyl/N-ethyl adjacent to an activating group) is 1. The van der Waals surface area contributed by atoms with E-state index in [0.29, 0.717) is 23.6 Å². The minimum atomic E-state index is -0.178. The second kappa shape index (κ2) is 7.28. The molecule has 1 amide bonds. The largest absolute Gasteiger partial charge is 0.496 e. The number of aromatic nitrogens is 1. The number of carbonyl (C=O) groups excluding carboxylic acids is 1. The lowest BCUT2D eigenvalue weighted by Gasteiger charge is -2.26. The van der Waals surface area contributed by atoms with E-state index in [1.165, 1.54) is 0 Å². The number of ether oxygens (including phenoxy) is 1. The Morgan fingerprint density at radius 1 is 1.35 bits per heavy atom. The summed E-state index contributed by atoms with van der Waals surface area (Å²) in [4.78, 5) is 14.4. The average molecular weight is 317 g/mol. The highest BCUT2D eigenvalue weighted by molar-refractivity contribution is 5.96. The van der Waals surface area contributed by atoms with Gasteiger partial charge in [0.1, 0.15) is 17.1 Å². The minimum Gasteiger partial charge on any atom is -0.496 e. The first kappa shape index (κ1) is 17.0. The molecule has 0 spiro atoms. The van der Waals surface area contributed by atoms with E-state index in [1.54, 1.807) is 21.0 Å². The van der Waals surface area contributed by atoms with E-state index in [9.17, 15) is 4.79 Å². The monoisotopic (exact) mass is 317 g/mol. The van der Waals surface area contributed by atoms with Gasteiger partial charge in [-0.3, -0.25) is 4.79 Å². The van der Waals surface area contributed by atoms with Crippen molar-refractivity contribution >= 4 is 5.91 Å². The highest BCUT2D eigenvalue weighted by Crippen LogP contribution is 2.27. The molecular weight excluding hydrogens is 294 g/mol. The first-order chi connectivity index (χ1) is 11.0. The number of aryl methyl sites for hydroxylation is 2. The van der Waals surface area contributed by atoms with E-state index in [2.05, 4.69) is 10.5 Å². The third kappa shape index (κ3) is 3.71. The zero-order chi connectivity index (χ0) is 17.0. The van der Waals surface area contributed by atoms with Crippen LogP contribution >= 0.6 is 0 Å². The van der Waals surface area contributed by atoms with Gasteiger partial charge in [-0.25, -0.2) is 0 Å². The van der Waals surface area contributed by atoms with Crippen molar-refractivity contribution < 1.29 is 14.1 Å². The van der Waals surface area contributed by atoms with Gasteiger partial charge in [-0.2, -0.15) is 0 Å². The summed E-state index contributed by atoms with van der Waals surface area (Å²) in [6.07, 6.45) is 0. The van der Waals surface area contributed by atoms with Gasteiger partial charge in [-0.1, -0.05) is 23.4 Å². The summed E-state index contributed by atoms with van der Waals surface area (Å²) in [5.74, 6) is 1.15. The van der Waals surface area contributed by atoms with Crippen LogP contribution in [0.3, 0.4) is 0 Å². The number of methoxy groups -OCH3 is 1. The second-order valence-corrected chi connectivity index (χ2v) is 5.63. The van der Waals surface area contributed by atoms with Crippen molar-refractivity contribution in [2.45, 2.75) is 19.9 Å². The Balaban J connectivity index is 2.16. The Morgan fingerprint density at radius 2 is 2.04 bits per heavy atom. The molecule has 2 aromatic rings. The molecule has 0 saturated heterocycles.